The van der Waals surface area contributed by atoms with E-state index in [2.05, 4.69) is 0 Å². The van der Waals surface area contributed by atoms with Crippen LogP contribution in [0.15, 0.2) is 30.3 Å². The van der Waals surface area contributed by atoms with Crippen LogP contribution >= 0.6 is 0 Å². The van der Waals surface area contributed by atoms with Crippen LogP contribution in [0.5, 0.6) is 0 Å². The Morgan fingerprint density at radius 2 is 2.04 bits per heavy atom. The van der Waals surface area contributed by atoms with E-state index < -0.39 is 24.0 Å². The van der Waals surface area contributed by atoms with E-state index in [-0.39, 0.29) is 12.5 Å². The number of carbonyl (C=O) groups excluding carboxylic acids is 1. The molecule has 1 aliphatic rings. The SMILES string of the molecule is CC(C)(C)OC(=O)N1CC[C@@H](F)C[C@H]1C[C@H](O)c1ccccc1. The van der Waals surface area contributed by atoms with Gasteiger partial charge in [0.2, 0.25) is 0 Å². The molecule has 1 heterocycles. The second kappa shape index (κ2) is 7.30. The predicted octanol–water partition coefficient (Wildman–Crippen LogP) is 3.85. The highest BCUT2D eigenvalue weighted by molar-refractivity contribution is 5.68. The van der Waals surface area contributed by atoms with Gasteiger partial charge in [-0.15, -0.1) is 0 Å². The molecular formula is C18H26FNO3. The van der Waals surface area contributed by atoms with Gasteiger partial charge in [0.25, 0.3) is 0 Å². The number of rotatable bonds is 3. The topological polar surface area (TPSA) is 49.8 Å². The number of hydrogen-bond donors (Lipinski definition) is 1. The van der Waals surface area contributed by atoms with Crippen molar-refractivity contribution in [2.24, 2.45) is 0 Å². The zero-order chi connectivity index (χ0) is 17.0. The number of aliphatic hydroxyl groups excluding tert-OH is 1. The monoisotopic (exact) mass is 323 g/mol. The van der Waals surface area contributed by atoms with E-state index in [1.54, 1.807) is 25.7 Å². The van der Waals surface area contributed by atoms with E-state index in [1.165, 1.54) is 0 Å². The lowest BCUT2D eigenvalue weighted by Gasteiger charge is -2.38. The highest BCUT2D eigenvalue weighted by atomic mass is 19.1. The second-order valence-electron chi connectivity index (χ2n) is 7.11. The van der Waals surface area contributed by atoms with E-state index in [9.17, 15) is 14.3 Å². The predicted molar refractivity (Wildman–Crippen MR) is 86.9 cm³/mol. The molecule has 0 aromatic heterocycles. The number of benzene rings is 1. The van der Waals surface area contributed by atoms with Crippen LogP contribution in [-0.4, -0.2) is 40.5 Å². The zero-order valence-electron chi connectivity index (χ0n) is 14.0. The summed E-state index contributed by atoms with van der Waals surface area (Å²) in [6, 6.07) is 8.88. The van der Waals surface area contributed by atoms with Crippen LogP contribution in [0.4, 0.5) is 9.18 Å². The Hall–Kier alpha value is -1.62. The van der Waals surface area contributed by atoms with Crippen LogP contribution in [0.1, 0.15) is 51.7 Å². The first-order valence-corrected chi connectivity index (χ1v) is 8.13. The quantitative estimate of drug-likeness (QED) is 0.919. The van der Waals surface area contributed by atoms with Crippen molar-refractivity contribution < 1.29 is 19.0 Å². The molecule has 1 amide bonds. The number of carbonyl (C=O) groups is 1. The first-order chi connectivity index (χ1) is 10.8. The maximum absolute atomic E-state index is 13.8. The van der Waals surface area contributed by atoms with Gasteiger partial charge >= 0.3 is 6.09 Å². The lowest BCUT2D eigenvalue weighted by Crippen LogP contribution is -2.49. The molecule has 128 valence electrons. The third-order valence-corrected chi connectivity index (χ3v) is 3.96. The lowest BCUT2D eigenvalue weighted by atomic mass is 9.93. The van der Waals surface area contributed by atoms with Crippen molar-refractivity contribution in [3.8, 4) is 0 Å². The van der Waals surface area contributed by atoms with E-state index in [1.807, 2.05) is 30.3 Å². The summed E-state index contributed by atoms with van der Waals surface area (Å²) in [5.74, 6) is 0. The van der Waals surface area contributed by atoms with Crippen LogP contribution in [0.25, 0.3) is 0 Å². The van der Waals surface area contributed by atoms with E-state index in [4.69, 9.17) is 4.74 Å². The number of likely N-dealkylation sites (tertiary alicyclic amines) is 1. The number of nitrogens with zero attached hydrogens (tertiary/aromatic N) is 1. The maximum Gasteiger partial charge on any atom is 0.410 e. The number of halogens is 1. The zero-order valence-corrected chi connectivity index (χ0v) is 14.0. The van der Waals surface area contributed by atoms with E-state index in [0.717, 1.165) is 5.56 Å². The fraction of sp³-hybridized carbons (Fsp3) is 0.611. The van der Waals surface area contributed by atoms with Gasteiger partial charge in [-0.25, -0.2) is 9.18 Å². The highest BCUT2D eigenvalue weighted by Gasteiger charge is 2.35. The first kappa shape index (κ1) is 17.7. The molecule has 0 spiro atoms. The number of amides is 1. The molecular weight excluding hydrogens is 297 g/mol. The minimum Gasteiger partial charge on any atom is -0.444 e. The Bertz CT molecular complexity index is 515. The van der Waals surface area contributed by atoms with Gasteiger partial charge in [0.15, 0.2) is 0 Å². The molecule has 0 aliphatic carbocycles. The second-order valence-corrected chi connectivity index (χ2v) is 7.11. The van der Waals surface area contributed by atoms with Crippen molar-refractivity contribution in [2.75, 3.05) is 6.54 Å². The lowest BCUT2D eigenvalue weighted by molar-refractivity contribution is -0.00666. The number of piperidine rings is 1. The Morgan fingerprint density at radius 3 is 2.65 bits per heavy atom. The molecule has 0 radical (unpaired) electrons. The van der Waals surface area contributed by atoms with Gasteiger partial charge in [0, 0.05) is 12.6 Å². The molecule has 2 rings (SSSR count). The molecule has 1 aliphatic heterocycles. The molecule has 1 fully saturated rings. The summed E-state index contributed by atoms with van der Waals surface area (Å²) in [5.41, 5.74) is 0.185. The third-order valence-electron chi connectivity index (χ3n) is 3.96. The van der Waals surface area contributed by atoms with Crippen LogP contribution in [0.2, 0.25) is 0 Å². The largest absolute Gasteiger partial charge is 0.444 e. The molecule has 1 N–H and O–H groups in total. The summed E-state index contributed by atoms with van der Waals surface area (Å²) < 4.78 is 19.2. The number of hydrogen-bond acceptors (Lipinski definition) is 3. The van der Waals surface area contributed by atoms with Crippen LogP contribution in [0, 0.1) is 0 Å². The first-order valence-electron chi connectivity index (χ1n) is 8.13. The van der Waals surface area contributed by atoms with Gasteiger partial charge < -0.3 is 14.7 Å². The Labute approximate surface area is 137 Å². The van der Waals surface area contributed by atoms with Gasteiger partial charge in [-0.1, -0.05) is 30.3 Å². The molecule has 23 heavy (non-hydrogen) atoms. The number of aliphatic hydroxyl groups is 1. The summed E-state index contributed by atoms with van der Waals surface area (Å²) in [6.07, 6.45) is -1.24. The summed E-state index contributed by atoms with van der Waals surface area (Å²) in [6.45, 7) is 5.74. The smallest absolute Gasteiger partial charge is 0.410 e. The van der Waals surface area contributed by atoms with E-state index >= 15 is 0 Å². The van der Waals surface area contributed by atoms with Gasteiger partial charge in [-0.05, 0) is 45.6 Å². The number of ether oxygens (including phenoxy) is 1. The number of alkyl halides is 1. The van der Waals surface area contributed by atoms with Crippen molar-refractivity contribution in [3.63, 3.8) is 0 Å². The van der Waals surface area contributed by atoms with E-state index in [0.29, 0.717) is 19.4 Å². The van der Waals surface area contributed by atoms with Crippen LogP contribution in [0.3, 0.4) is 0 Å². The average Bonchev–Trinajstić information content (AvgIpc) is 2.46. The van der Waals surface area contributed by atoms with Gasteiger partial charge in [0.05, 0.1) is 6.10 Å². The highest BCUT2D eigenvalue weighted by Crippen LogP contribution is 2.29. The molecule has 0 saturated carbocycles. The maximum atomic E-state index is 13.8. The molecule has 0 bridgehead atoms. The molecule has 4 nitrogen and oxygen atoms in total. The summed E-state index contributed by atoms with van der Waals surface area (Å²) in [5, 5.41) is 10.4. The summed E-state index contributed by atoms with van der Waals surface area (Å²) in [7, 11) is 0. The summed E-state index contributed by atoms with van der Waals surface area (Å²) >= 11 is 0. The Morgan fingerprint density at radius 1 is 1.39 bits per heavy atom. The Balaban J connectivity index is 2.07. The average molecular weight is 323 g/mol. The van der Waals surface area contributed by atoms with Gasteiger partial charge in [-0.2, -0.15) is 0 Å². The Kier molecular flexibility index (Phi) is 5.63. The van der Waals surface area contributed by atoms with Crippen LogP contribution in [-0.2, 0) is 4.74 Å². The van der Waals surface area contributed by atoms with Crippen LogP contribution < -0.4 is 0 Å². The van der Waals surface area contributed by atoms with Crippen molar-refractivity contribution >= 4 is 6.09 Å². The summed E-state index contributed by atoms with van der Waals surface area (Å²) in [4.78, 5) is 13.9. The van der Waals surface area contributed by atoms with Crippen molar-refractivity contribution in [3.05, 3.63) is 35.9 Å². The normalized spacial score (nSPS) is 23.4. The van der Waals surface area contributed by atoms with Gasteiger partial charge in [0.1, 0.15) is 11.8 Å². The minimum atomic E-state index is -0.943. The standard InChI is InChI=1S/C18H26FNO3/c1-18(2,3)23-17(22)20-10-9-14(19)11-15(20)12-16(21)13-7-5-4-6-8-13/h4-8,14-16,21H,9-12H2,1-3H3/t14-,15+,16+/m1/s1. The molecule has 1 aromatic carbocycles. The van der Waals surface area contributed by atoms with Crippen molar-refractivity contribution in [2.45, 2.75) is 64.0 Å². The molecule has 1 saturated heterocycles. The molecule has 0 unspecified atom stereocenters. The fourth-order valence-electron chi connectivity index (χ4n) is 2.86. The molecule has 3 atom stereocenters. The minimum absolute atomic E-state index is 0.239. The fourth-order valence-corrected chi connectivity index (χ4v) is 2.86. The van der Waals surface area contributed by atoms with Crippen molar-refractivity contribution in [1.82, 2.24) is 4.90 Å². The molecule has 1 aromatic rings. The van der Waals surface area contributed by atoms with Crippen molar-refractivity contribution in [1.29, 1.82) is 0 Å². The third kappa shape index (κ3) is 5.20. The van der Waals surface area contributed by atoms with Gasteiger partial charge in [-0.3, -0.25) is 0 Å². The molecule has 5 heteroatoms.